The van der Waals surface area contributed by atoms with E-state index in [9.17, 15) is 4.79 Å². The van der Waals surface area contributed by atoms with Crippen LogP contribution in [0.5, 0.6) is 0 Å². The topological polar surface area (TPSA) is 29.1 Å². The largest absolute Gasteiger partial charge is 0.356 e. The maximum absolute atomic E-state index is 10.1. The third-order valence-corrected chi connectivity index (χ3v) is 0.903. The molecule has 0 spiro atoms. The summed E-state index contributed by atoms with van der Waals surface area (Å²) >= 11 is 0. The van der Waals surface area contributed by atoms with Gasteiger partial charge in [-0.1, -0.05) is 0 Å². The van der Waals surface area contributed by atoms with E-state index >= 15 is 0 Å². The van der Waals surface area contributed by atoms with Gasteiger partial charge in [0.15, 0.2) is 0 Å². The lowest BCUT2D eigenvalue weighted by Crippen LogP contribution is -2.12. The number of amides is 1. The maximum Gasteiger partial charge on any atom is 0.220 e. The summed E-state index contributed by atoms with van der Waals surface area (Å²) in [7, 11) is 0. The van der Waals surface area contributed by atoms with Gasteiger partial charge in [0.1, 0.15) is 0 Å². The van der Waals surface area contributed by atoms with Gasteiger partial charge in [-0.2, -0.15) is 0 Å². The number of carbonyl (C=O) groups excluding carboxylic acids is 1. The van der Waals surface area contributed by atoms with Crippen LogP contribution >= 0.6 is 0 Å². The van der Waals surface area contributed by atoms with Gasteiger partial charge in [0, 0.05) is 13.0 Å². The lowest BCUT2D eigenvalue weighted by Gasteiger charge is -1.80. The normalized spacial score (nSPS) is 21.0. The Labute approximate surface area is 36.5 Å². The first kappa shape index (κ1) is 3.65. The molecule has 1 aliphatic heterocycles. The lowest BCUT2D eigenvalue weighted by atomic mass is 10.5. The SMILES string of the molecule is O=C1CC[14CH2]N1. The van der Waals surface area contributed by atoms with E-state index in [0.29, 0.717) is 0 Å². The van der Waals surface area contributed by atoms with E-state index in [2.05, 4.69) is 5.32 Å². The van der Waals surface area contributed by atoms with Crippen molar-refractivity contribution in [2.75, 3.05) is 6.54 Å². The van der Waals surface area contributed by atoms with E-state index in [1.807, 2.05) is 0 Å². The van der Waals surface area contributed by atoms with Gasteiger partial charge in [-0.25, -0.2) is 0 Å². The summed E-state index contributed by atoms with van der Waals surface area (Å²) in [6.45, 7) is 0.888. The van der Waals surface area contributed by atoms with Crippen molar-refractivity contribution in [3.63, 3.8) is 0 Å². The second-order valence-electron chi connectivity index (χ2n) is 1.45. The first-order chi connectivity index (χ1) is 2.89. The minimum atomic E-state index is 0.204. The Morgan fingerprint density at radius 1 is 1.83 bits per heavy atom. The van der Waals surface area contributed by atoms with Crippen molar-refractivity contribution in [3.8, 4) is 0 Å². The van der Waals surface area contributed by atoms with Gasteiger partial charge in [0.05, 0.1) is 0 Å². The molecule has 0 bridgehead atoms. The second-order valence-corrected chi connectivity index (χ2v) is 1.45. The molecule has 1 saturated heterocycles. The van der Waals surface area contributed by atoms with Crippen LogP contribution in [0.1, 0.15) is 12.8 Å². The molecule has 6 heavy (non-hydrogen) atoms. The van der Waals surface area contributed by atoms with Crippen LogP contribution in [0.3, 0.4) is 0 Å². The molecule has 0 aliphatic carbocycles. The Bertz CT molecular complexity index is 61.9. The van der Waals surface area contributed by atoms with Crippen molar-refractivity contribution in [1.82, 2.24) is 5.32 Å². The Kier molecular flexibility index (Phi) is 0.783. The molecular weight excluding hydrogens is 80.0 g/mol. The van der Waals surface area contributed by atoms with Gasteiger partial charge in [0.2, 0.25) is 5.91 Å². The summed E-state index contributed by atoms with van der Waals surface area (Å²) in [5.74, 6) is 0.204. The molecule has 2 nitrogen and oxygen atoms in total. The molecule has 0 atom stereocenters. The van der Waals surface area contributed by atoms with E-state index < -0.39 is 0 Å². The molecule has 1 N–H and O–H groups in total. The quantitative estimate of drug-likeness (QED) is 0.439. The van der Waals surface area contributed by atoms with Crippen molar-refractivity contribution in [2.24, 2.45) is 0 Å². The Hall–Kier alpha value is -0.530. The minimum absolute atomic E-state index is 0.204. The summed E-state index contributed by atoms with van der Waals surface area (Å²) in [5, 5.41) is 2.68. The molecule has 1 aliphatic rings. The second kappa shape index (κ2) is 1.29. The Morgan fingerprint density at radius 3 is 2.83 bits per heavy atom. The number of nitrogens with one attached hydrogen (secondary N) is 1. The van der Waals surface area contributed by atoms with Gasteiger partial charge in [-0.3, -0.25) is 4.79 Å². The first-order valence-electron chi connectivity index (χ1n) is 2.16. The monoisotopic (exact) mass is 87.1 g/mol. The lowest BCUT2D eigenvalue weighted by molar-refractivity contribution is -0.119. The number of rotatable bonds is 0. The standard InChI is InChI=1S/C4H7NO/c6-4-2-1-3-5-4/h1-3H2,(H,5,6)/i3+2. The molecule has 0 aromatic rings. The van der Waals surface area contributed by atoms with Gasteiger partial charge in [-0.15, -0.1) is 0 Å². The zero-order chi connectivity index (χ0) is 4.41. The summed E-state index contributed by atoms with van der Waals surface area (Å²) < 4.78 is 0. The molecule has 0 saturated carbocycles. The average Bonchev–Trinajstić information content (AvgIpc) is 1.86. The zero-order valence-corrected chi connectivity index (χ0v) is 3.53. The van der Waals surface area contributed by atoms with E-state index in [0.717, 1.165) is 19.4 Å². The predicted molar refractivity (Wildman–Crippen MR) is 22.2 cm³/mol. The zero-order valence-electron chi connectivity index (χ0n) is 3.53. The van der Waals surface area contributed by atoms with E-state index in [1.54, 1.807) is 0 Å². The maximum atomic E-state index is 10.1. The van der Waals surface area contributed by atoms with Crippen LogP contribution in [-0.2, 0) is 4.79 Å². The van der Waals surface area contributed by atoms with Crippen molar-refractivity contribution in [3.05, 3.63) is 0 Å². The third kappa shape index (κ3) is 0.506. The third-order valence-electron chi connectivity index (χ3n) is 0.903. The molecule has 2 heteroatoms. The van der Waals surface area contributed by atoms with Gasteiger partial charge in [-0.05, 0) is 6.42 Å². The van der Waals surface area contributed by atoms with Crippen molar-refractivity contribution in [1.29, 1.82) is 0 Å². The molecule has 34 valence electrons. The van der Waals surface area contributed by atoms with E-state index in [-0.39, 0.29) is 5.91 Å². The summed E-state index contributed by atoms with van der Waals surface area (Å²) in [6, 6.07) is 0. The van der Waals surface area contributed by atoms with Crippen LogP contribution < -0.4 is 5.32 Å². The molecule has 1 fully saturated rings. The van der Waals surface area contributed by atoms with Crippen molar-refractivity contribution >= 4 is 5.91 Å². The Balaban J connectivity index is 2.37. The summed E-state index contributed by atoms with van der Waals surface area (Å²) in [6.07, 6.45) is 1.76. The highest BCUT2D eigenvalue weighted by molar-refractivity contribution is 5.77. The van der Waals surface area contributed by atoms with Crippen molar-refractivity contribution in [2.45, 2.75) is 12.8 Å². The van der Waals surface area contributed by atoms with E-state index in [1.165, 1.54) is 0 Å². The van der Waals surface area contributed by atoms with Crippen molar-refractivity contribution < 1.29 is 4.79 Å². The number of hydrogen-bond acceptors (Lipinski definition) is 1. The molecule has 0 aromatic heterocycles. The highest BCUT2D eigenvalue weighted by atomic mass is 16.2. The van der Waals surface area contributed by atoms with E-state index in [4.69, 9.17) is 0 Å². The minimum Gasteiger partial charge on any atom is -0.356 e. The molecule has 0 unspecified atom stereocenters. The molecule has 0 aromatic carbocycles. The van der Waals surface area contributed by atoms with Crippen LogP contribution in [0, 0.1) is 0 Å². The number of hydrogen-bond donors (Lipinski definition) is 1. The molecule has 1 amide bonds. The van der Waals surface area contributed by atoms with Crippen LogP contribution in [0.15, 0.2) is 0 Å². The molecule has 0 radical (unpaired) electrons. The van der Waals surface area contributed by atoms with Crippen LogP contribution in [0.25, 0.3) is 0 Å². The van der Waals surface area contributed by atoms with Crippen LogP contribution in [-0.4, -0.2) is 12.5 Å². The fraction of sp³-hybridized carbons (Fsp3) is 0.750. The average molecular weight is 87.1 g/mol. The molecule has 1 heterocycles. The van der Waals surface area contributed by atoms with Gasteiger partial charge >= 0.3 is 0 Å². The van der Waals surface area contributed by atoms with Crippen LogP contribution in [0.2, 0.25) is 0 Å². The van der Waals surface area contributed by atoms with Crippen LogP contribution in [0.4, 0.5) is 0 Å². The highest BCUT2D eigenvalue weighted by Crippen LogP contribution is 1.93. The Morgan fingerprint density at radius 2 is 2.67 bits per heavy atom. The molecular formula is C4H7NO. The molecule has 1 rings (SSSR count). The summed E-state index contributed by atoms with van der Waals surface area (Å²) in [5.41, 5.74) is 0. The highest BCUT2D eigenvalue weighted by Gasteiger charge is 2.05. The number of carbonyl (C=O) groups is 1. The van der Waals surface area contributed by atoms with Gasteiger partial charge in [0.25, 0.3) is 0 Å². The summed E-state index contributed by atoms with van der Waals surface area (Å²) in [4.78, 5) is 10.1. The first-order valence-corrected chi connectivity index (χ1v) is 2.16. The smallest absolute Gasteiger partial charge is 0.220 e. The predicted octanol–water partition coefficient (Wildman–Crippen LogP) is -0.104. The fourth-order valence-corrected chi connectivity index (χ4v) is 0.565. The fourth-order valence-electron chi connectivity index (χ4n) is 0.565. The van der Waals surface area contributed by atoms with Gasteiger partial charge < -0.3 is 5.32 Å².